The monoisotopic (exact) mass is 1030 g/mol. The molecule has 6 heteroatoms. The van der Waals surface area contributed by atoms with Crippen LogP contribution in [0.5, 0.6) is 0 Å². The molecule has 0 fully saturated rings. The van der Waals surface area contributed by atoms with Crippen LogP contribution in [0, 0.1) is 0 Å². The van der Waals surface area contributed by atoms with Gasteiger partial charge in [0.15, 0.2) is 0 Å². The van der Waals surface area contributed by atoms with Crippen LogP contribution in [0.3, 0.4) is 0 Å². The van der Waals surface area contributed by atoms with Gasteiger partial charge in [0, 0.05) is 12.8 Å². The summed E-state index contributed by atoms with van der Waals surface area (Å²) in [4.78, 5) is 24.6. The number of hydrogen-bond donors (Lipinski definition) is 3. The number of hydrogen-bond acceptors (Lipinski definition) is 5. The number of aliphatic hydroxyl groups is 2. The van der Waals surface area contributed by atoms with E-state index in [0.717, 1.165) is 38.5 Å². The minimum Gasteiger partial charge on any atom is -0.466 e. The average Bonchev–Trinajstić information content (AvgIpc) is 3.39. The van der Waals surface area contributed by atoms with E-state index in [1.54, 1.807) is 0 Å². The number of rotatable bonds is 63. The Balaban J connectivity index is 3.39. The first-order valence-corrected chi connectivity index (χ1v) is 33.4. The van der Waals surface area contributed by atoms with Crippen LogP contribution in [0.15, 0.2) is 12.2 Å². The molecule has 0 aromatic carbocycles. The molecule has 0 saturated heterocycles. The van der Waals surface area contributed by atoms with Crippen molar-refractivity contribution in [1.29, 1.82) is 0 Å². The second kappa shape index (κ2) is 63.1. The van der Waals surface area contributed by atoms with E-state index in [-0.39, 0.29) is 18.5 Å². The molecule has 0 rings (SSSR count). The van der Waals surface area contributed by atoms with Crippen LogP contribution in [-0.4, -0.2) is 47.4 Å². The van der Waals surface area contributed by atoms with Crippen LogP contribution >= 0.6 is 0 Å². The molecule has 0 aliphatic heterocycles. The number of nitrogens with one attached hydrogen (secondary N) is 1. The molecule has 434 valence electrons. The van der Waals surface area contributed by atoms with Gasteiger partial charge in [-0.15, -0.1) is 0 Å². The van der Waals surface area contributed by atoms with Crippen LogP contribution in [0.1, 0.15) is 380 Å². The molecular weight excluding hydrogens is 899 g/mol. The Morgan fingerprint density at radius 1 is 0.370 bits per heavy atom. The molecule has 0 radical (unpaired) electrons. The lowest BCUT2D eigenvalue weighted by Gasteiger charge is -2.22. The van der Waals surface area contributed by atoms with Crippen LogP contribution in [0.25, 0.3) is 0 Å². The lowest BCUT2D eigenvalue weighted by atomic mass is 10.0. The van der Waals surface area contributed by atoms with Crippen LogP contribution < -0.4 is 5.32 Å². The maximum atomic E-state index is 12.5. The van der Waals surface area contributed by atoms with Crippen molar-refractivity contribution in [2.24, 2.45) is 0 Å². The molecule has 0 aromatic rings. The van der Waals surface area contributed by atoms with E-state index >= 15 is 0 Å². The Morgan fingerprint density at radius 2 is 0.644 bits per heavy atom. The zero-order valence-electron chi connectivity index (χ0n) is 49.6. The van der Waals surface area contributed by atoms with Crippen molar-refractivity contribution in [2.75, 3.05) is 13.2 Å². The summed E-state index contributed by atoms with van der Waals surface area (Å²) in [5.41, 5.74) is 0. The summed E-state index contributed by atoms with van der Waals surface area (Å²) >= 11 is 0. The van der Waals surface area contributed by atoms with Gasteiger partial charge in [0.2, 0.25) is 5.91 Å². The molecule has 0 heterocycles. The van der Waals surface area contributed by atoms with Gasteiger partial charge < -0.3 is 20.3 Å². The molecule has 73 heavy (non-hydrogen) atoms. The van der Waals surface area contributed by atoms with E-state index in [4.69, 9.17) is 4.74 Å². The average molecular weight is 1030 g/mol. The van der Waals surface area contributed by atoms with E-state index in [1.807, 2.05) is 0 Å². The van der Waals surface area contributed by atoms with Gasteiger partial charge >= 0.3 is 5.97 Å². The fourth-order valence-corrected chi connectivity index (χ4v) is 10.7. The normalized spacial score (nSPS) is 12.5. The van der Waals surface area contributed by atoms with Gasteiger partial charge in [-0.1, -0.05) is 328 Å². The number of esters is 1. The number of ether oxygens (including phenoxy) is 1. The standard InChI is InChI=1S/C67H131NO5/c1-3-5-7-9-11-13-15-17-18-19-29-32-36-39-43-47-51-55-59-65(70)64(63-69)68-66(71)60-56-52-48-44-40-37-33-30-27-25-23-21-20-22-24-26-28-31-34-38-42-46-50-54-58-62-73-67(72)61-57-53-49-45-41-35-16-14-12-10-8-6-4-2/h21,23,64-65,69-70H,3-20,22,24-63H2,1-2H3,(H,68,71)/b23-21-. The van der Waals surface area contributed by atoms with E-state index < -0.39 is 12.1 Å². The summed E-state index contributed by atoms with van der Waals surface area (Å²) in [6.07, 6.45) is 76.7. The minimum atomic E-state index is -0.666. The van der Waals surface area contributed by atoms with Crippen LogP contribution in [0.4, 0.5) is 0 Å². The fraction of sp³-hybridized carbons (Fsp3) is 0.940. The quantitative estimate of drug-likeness (QED) is 0.0320. The fourth-order valence-electron chi connectivity index (χ4n) is 10.7. The van der Waals surface area contributed by atoms with Crippen LogP contribution in [-0.2, 0) is 14.3 Å². The molecule has 0 spiro atoms. The van der Waals surface area contributed by atoms with Gasteiger partial charge in [-0.2, -0.15) is 0 Å². The minimum absolute atomic E-state index is 0.0159. The van der Waals surface area contributed by atoms with Crippen molar-refractivity contribution in [2.45, 2.75) is 392 Å². The van der Waals surface area contributed by atoms with E-state index in [1.165, 1.54) is 308 Å². The molecule has 3 N–H and O–H groups in total. The Kier molecular flexibility index (Phi) is 61.9. The van der Waals surface area contributed by atoms with Crippen molar-refractivity contribution in [1.82, 2.24) is 5.32 Å². The predicted octanol–water partition coefficient (Wildman–Crippen LogP) is 21.2. The molecule has 0 aromatic heterocycles. The second-order valence-electron chi connectivity index (χ2n) is 23.2. The summed E-state index contributed by atoms with van der Waals surface area (Å²) in [5.74, 6) is -0.0183. The topological polar surface area (TPSA) is 95.9 Å². The number of carbonyl (C=O) groups excluding carboxylic acids is 2. The molecule has 0 aliphatic carbocycles. The molecule has 0 aliphatic rings. The summed E-state index contributed by atoms with van der Waals surface area (Å²) < 4.78 is 5.48. The third kappa shape index (κ3) is 59.7. The molecule has 0 saturated carbocycles. The Labute approximate surface area is 457 Å². The summed E-state index contributed by atoms with van der Waals surface area (Å²) in [6.45, 7) is 4.99. The third-order valence-electron chi connectivity index (χ3n) is 15.8. The van der Waals surface area contributed by atoms with Gasteiger partial charge in [0.1, 0.15) is 0 Å². The van der Waals surface area contributed by atoms with Crippen molar-refractivity contribution in [3.8, 4) is 0 Å². The highest BCUT2D eigenvalue weighted by molar-refractivity contribution is 5.76. The van der Waals surface area contributed by atoms with Crippen molar-refractivity contribution in [3.05, 3.63) is 12.2 Å². The van der Waals surface area contributed by atoms with Crippen LogP contribution in [0.2, 0.25) is 0 Å². The van der Waals surface area contributed by atoms with Gasteiger partial charge in [-0.3, -0.25) is 9.59 Å². The lowest BCUT2D eigenvalue weighted by Crippen LogP contribution is -2.45. The van der Waals surface area contributed by atoms with Gasteiger partial charge in [-0.25, -0.2) is 0 Å². The first kappa shape index (κ1) is 71.6. The molecule has 0 bridgehead atoms. The van der Waals surface area contributed by atoms with Gasteiger partial charge in [0.05, 0.1) is 25.4 Å². The third-order valence-corrected chi connectivity index (χ3v) is 15.8. The summed E-state index contributed by atoms with van der Waals surface area (Å²) in [7, 11) is 0. The Bertz CT molecular complexity index is 1100. The maximum absolute atomic E-state index is 12.5. The molecular formula is C67H131NO5. The summed E-state index contributed by atoms with van der Waals surface area (Å²) in [5, 5.41) is 23.4. The largest absolute Gasteiger partial charge is 0.466 e. The highest BCUT2D eigenvalue weighted by Gasteiger charge is 2.20. The highest BCUT2D eigenvalue weighted by Crippen LogP contribution is 2.19. The number of allylic oxidation sites excluding steroid dienone is 2. The Hall–Kier alpha value is -1.40. The number of carbonyl (C=O) groups is 2. The van der Waals surface area contributed by atoms with Gasteiger partial charge in [0.25, 0.3) is 0 Å². The number of amides is 1. The maximum Gasteiger partial charge on any atom is 0.305 e. The first-order chi connectivity index (χ1) is 36.0. The number of aliphatic hydroxyl groups excluding tert-OH is 2. The zero-order valence-corrected chi connectivity index (χ0v) is 49.6. The SMILES string of the molecule is CCCCCCCCCCCCCCCCCCCCC(O)C(CO)NC(=O)CCCCCCCCCCC/C=C\CCCCCCCCCCCCCCOC(=O)CCCCCCCCCCCCCCC. The van der Waals surface area contributed by atoms with Gasteiger partial charge in [-0.05, 0) is 51.4 Å². The molecule has 1 amide bonds. The van der Waals surface area contributed by atoms with E-state index in [2.05, 4.69) is 31.3 Å². The summed E-state index contributed by atoms with van der Waals surface area (Å²) in [6, 6.07) is -0.543. The predicted molar refractivity (Wildman–Crippen MR) is 320 cm³/mol. The van der Waals surface area contributed by atoms with Crippen molar-refractivity contribution < 1.29 is 24.5 Å². The van der Waals surface area contributed by atoms with E-state index in [9.17, 15) is 19.8 Å². The molecule has 2 atom stereocenters. The second-order valence-corrected chi connectivity index (χ2v) is 23.2. The first-order valence-electron chi connectivity index (χ1n) is 33.4. The lowest BCUT2D eigenvalue weighted by molar-refractivity contribution is -0.143. The number of unbranched alkanes of at least 4 members (excludes halogenated alkanes) is 50. The zero-order chi connectivity index (χ0) is 52.9. The molecule has 2 unspecified atom stereocenters. The van der Waals surface area contributed by atoms with E-state index in [0.29, 0.717) is 25.9 Å². The van der Waals surface area contributed by atoms with Crippen molar-refractivity contribution >= 4 is 11.9 Å². The molecule has 6 nitrogen and oxygen atoms in total. The van der Waals surface area contributed by atoms with Crippen molar-refractivity contribution in [3.63, 3.8) is 0 Å². The highest BCUT2D eigenvalue weighted by atomic mass is 16.5. The smallest absolute Gasteiger partial charge is 0.305 e. The Morgan fingerprint density at radius 3 is 0.973 bits per heavy atom.